The quantitative estimate of drug-likeness (QED) is 0.409. The zero-order valence-corrected chi connectivity index (χ0v) is 22.5. The summed E-state index contributed by atoms with van der Waals surface area (Å²) in [4.78, 5) is 15.0. The molecule has 1 aromatic carbocycles. The first-order chi connectivity index (χ1) is 15.8. The van der Waals surface area contributed by atoms with Gasteiger partial charge in [0, 0.05) is 28.7 Å². The van der Waals surface area contributed by atoms with Gasteiger partial charge in [-0.25, -0.2) is 14.6 Å². The molecule has 0 bridgehead atoms. The van der Waals surface area contributed by atoms with Gasteiger partial charge in [-0.1, -0.05) is 36.2 Å². The Kier molecular flexibility index (Phi) is 7.63. The Hall–Kier alpha value is -1.60. The predicted molar refractivity (Wildman–Crippen MR) is 143 cm³/mol. The standard InChI is InChI=1S/C25H32Cl2N6.ClH/c1-15-14-32(16(2)11-22(15)31-9-5-6-10-31)23-13-28-24-17(3)30-33(25(24)29-23)18(4)20-8-7-19(26)12-21(20)27;/h7-8,12-13,15-16,18,22H,5-6,9-11,14H2,1-4H3;1H/t15?,16-,18?,22?;/m0./s1. The number of aromatic nitrogens is 4. The van der Waals surface area contributed by atoms with Crippen LogP contribution in [0.1, 0.15) is 57.3 Å². The highest BCUT2D eigenvalue weighted by Crippen LogP contribution is 2.34. The maximum Gasteiger partial charge on any atom is 0.179 e. The number of hydrogen-bond donors (Lipinski definition) is 0. The molecule has 184 valence electrons. The van der Waals surface area contributed by atoms with Gasteiger partial charge in [0.25, 0.3) is 0 Å². The summed E-state index contributed by atoms with van der Waals surface area (Å²) in [5, 5.41) is 6.05. The van der Waals surface area contributed by atoms with Gasteiger partial charge in [-0.3, -0.25) is 4.90 Å². The van der Waals surface area contributed by atoms with Crippen molar-refractivity contribution < 1.29 is 0 Å². The fraction of sp³-hybridized carbons (Fsp3) is 0.560. The molecule has 4 heterocycles. The van der Waals surface area contributed by atoms with Gasteiger partial charge in [-0.05, 0) is 76.7 Å². The normalized spacial score (nSPS) is 24.4. The second kappa shape index (κ2) is 10.2. The van der Waals surface area contributed by atoms with Crippen LogP contribution in [0.3, 0.4) is 0 Å². The highest BCUT2D eigenvalue weighted by molar-refractivity contribution is 6.35. The molecule has 3 aromatic rings. The summed E-state index contributed by atoms with van der Waals surface area (Å²) in [5.74, 6) is 1.52. The third-order valence-corrected chi connectivity index (χ3v) is 8.06. The van der Waals surface area contributed by atoms with Gasteiger partial charge < -0.3 is 4.90 Å². The van der Waals surface area contributed by atoms with E-state index in [9.17, 15) is 0 Å². The second-order valence-electron chi connectivity index (χ2n) is 9.80. The maximum absolute atomic E-state index is 6.51. The van der Waals surface area contributed by atoms with Crippen molar-refractivity contribution in [3.63, 3.8) is 0 Å². The maximum atomic E-state index is 6.51. The Labute approximate surface area is 218 Å². The minimum absolute atomic E-state index is 0. The van der Waals surface area contributed by atoms with E-state index in [0.717, 1.165) is 41.2 Å². The lowest BCUT2D eigenvalue weighted by atomic mass is 9.88. The first-order valence-electron chi connectivity index (χ1n) is 12.0. The molecule has 5 rings (SSSR count). The van der Waals surface area contributed by atoms with Crippen LogP contribution < -0.4 is 4.90 Å². The van der Waals surface area contributed by atoms with Crippen LogP contribution in [0.15, 0.2) is 24.4 Å². The van der Waals surface area contributed by atoms with E-state index in [4.69, 9.17) is 38.3 Å². The van der Waals surface area contributed by atoms with Crippen LogP contribution in [0.4, 0.5) is 5.82 Å². The number of likely N-dealkylation sites (tertiary alicyclic amines) is 1. The molecule has 2 aromatic heterocycles. The Morgan fingerprint density at radius 1 is 1.12 bits per heavy atom. The summed E-state index contributed by atoms with van der Waals surface area (Å²) >= 11 is 12.6. The van der Waals surface area contributed by atoms with Crippen LogP contribution in [0.25, 0.3) is 11.2 Å². The zero-order valence-electron chi connectivity index (χ0n) is 20.2. The van der Waals surface area contributed by atoms with Gasteiger partial charge >= 0.3 is 0 Å². The molecule has 0 amide bonds. The largest absolute Gasteiger partial charge is 0.352 e. The highest BCUT2D eigenvalue weighted by Gasteiger charge is 2.36. The Bertz CT molecular complexity index is 1160. The molecular weight excluding hydrogens is 491 g/mol. The van der Waals surface area contributed by atoms with Crippen molar-refractivity contribution in [3.8, 4) is 0 Å². The fourth-order valence-corrected chi connectivity index (χ4v) is 6.21. The smallest absolute Gasteiger partial charge is 0.179 e. The molecule has 0 aliphatic carbocycles. The van der Waals surface area contributed by atoms with Gasteiger partial charge in [0.15, 0.2) is 5.65 Å². The van der Waals surface area contributed by atoms with Crippen LogP contribution in [0.2, 0.25) is 10.0 Å². The summed E-state index contributed by atoms with van der Waals surface area (Å²) < 4.78 is 1.95. The first-order valence-corrected chi connectivity index (χ1v) is 12.8. The van der Waals surface area contributed by atoms with E-state index >= 15 is 0 Å². The molecule has 2 saturated heterocycles. The number of piperidine rings is 1. The molecule has 0 spiro atoms. The lowest BCUT2D eigenvalue weighted by Gasteiger charge is -2.45. The number of hydrogen-bond acceptors (Lipinski definition) is 5. The van der Waals surface area contributed by atoms with E-state index in [1.165, 1.54) is 25.9 Å². The third kappa shape index (κ3) is 4.62. The van der Waals surface area contributed by atoms with Crippen molar-refractivity contribution in [1.82, 2.24) is 24.6 Å². The molecule has 0 N–H and O–H groups in total. The summed E-state index contributed by atoms with van der Waals surface area (Å²) in [6, 6.07) is 6.59. The number of anilines is 1. The third-order valence-electron chi connectivity index (χ3n) is 7.50. The lowest BCUT2D eigenvalue weighted by molar-refractivity contribution is 0.143. The van der Waals surface area contributed by atoms with E-state index in [2.05, 4.69) is 30.6 Å². The topological polar surface area (TPSA) is 50.1 Å². The number of rotatable bonds is 4. The van der Waals surface area contributed by atoms with Crippen LogP contribution in [-0.4, -0.2) is 56.4 Å². The molecular formula is C25H33Cl3N6. The Morgan fingerprint density at radius 2 is 1.85 bits per heavy atom. The van der Waals surface area contributed by atoms with E-state index in [0.29, 0.717) is 28.0 Å². The molecule has 6 nitrogen and oxygen atoms in total. The van der Waals surface area contributed by atoms with Crippen LogP contribution in [-0.2, 0) is 0 Å². The van der Waals surface area contributed by atoms with Crippen LogP contribution >= 0.6 is 35.6 Å². The van der Waals surface area contributed by atoms with Gasteiger partial charge in [-0.15, -0.1) is 12.4 Å². The highest BCUT2D eigenvalue weighted by atomic mass is 35.5. The monoisotopic (exact) mass is 522 g/mol. The summed E-state index contributed by atoms with van der Waals surface area (Å²) in [6.07, 6.45) is 5.75. The fourth-order valence-electron chi connectivity index (χ4n) is 5.64. The SMILES string of the molecule is Cc1nn(C(C)c2ccc(Cl)cc2Cl)c2nc(N3CC(C)C(N4CCCC4)C[C@@H]3C)cnc12.Cl. The number of nitrogens with zero attached hydrogens (tertiary/aromatic N) is 6. The minimum atomic E-state index is -0.0900. The van der Waals surface area contributed by atoms with E-state index in [-0.39, 0.29) is 18.4 Å². The Balaban J connectivity index is 0.00000274. The van der Waals surface area contributed by atoms with E-state index in [1.807, 2.05) is 29.9 Å². The molecule has 2 aliphatic heterocycles. The minimum Gasteiger partial charge on any atom is -0.352 e. The van der Waals surface area contributed by atoms with Crippen molar-refractivity contribution in [1.29, 1.82) is 0 Å². The molecule has 2 fully saturated rings. The molecule has 9 heteroatoms. The number of benzene rings is 1. The van der Waals surface area contributed by atoms with Gasteiger partial charge in [0.2, 0.25) is 0 Å². The van der Waals surface area contributed by atoms with Crippen LogP contribution in [0.5, 0.6) is 0 Å². The molecule has 0 saturated carbocycles. The molecule has 4 atom stereocenters. The van der Waals surface area contributed by atoms with Gasteiger partial charge in [0.05, 0.1) is 17.9 Å². The summed E-state index contributed by atoms with van der Waals surface area (Å²) in [5.41, 5.74) is 3.47. The van der Waals surface area contributed by atoms with Crippen LogP contribution in [0, 0.1) is 12.8 Å². The van der Waals surface area contributed by atoms with Crippen molar-refractivity contribution in [2.45, 2.75) is 65.1 Å². The molecule has 0 radical (unpaired) electrons. The number of fused-ring (bicyclic) bond motifs is 1. The van der Waals surface area contributed by atoms with E-state index in [1.54, 1.807) is 6.07 Å². The summed E-state index contributed by atoms with van der Waals surface area (Å²) in [6.45, 7) is 12.3. The van der Waals surface area contributed by atoms with Crippen molar-refractivity contribution in [2.24, 2.45) is 5.92 Å². The predicted octanol–water partition coefficient (Wildman–Crippen LogP) is 6.17. The second-order valence-corrected chi connectivity index (χ2v) is 10.6. The van der Waals surface area contributed by atoms with Crippen molar-refractivity contribution in [3.05, 3.63) is 45.7 Å². The molecule has 2 aliphatic rings. The van der Waals surface area contributed by atoms with E-state index < -0.39 is 0 Å². The van der Waals surface area contributed by atoms with Crippen molar-refractivity contribution in [2.75, 3.05) is 24.5 Å². The molecule has 3 unspecified atom stereocenters. The molecule has 34 heavy (non-hydrogen) atoms. The summed E-state index contributed by atoms with van der Waals surface area (Å²) in [7, 11) is 0. The first kappa shape index (κ1) is 25.5. The van der Waals surface area contributed by atoms with Gasteiger partial charge in [-0.2, -0.15) is 5.10 Å². The zero-order chi connectivity index (χ0) is 23.3. The van der Waals surface area contributed by atoms with Gasteiger partial charge in [0.1, 0.15) is 11.3 Å². The van der Waals surface area contributed by atoms with Crippen molar-refractivity contribution >= 4 is 52.6 Å². The average Bonchev–Trinajstić information content (AvgIpc) is 3.43. The lowest BCUT2D eigenvalue weighted by Crippen LogP contribution is -2.53. The Morgan fingerprint density at radius 3 is 2.56 bits per heavy atom. The number of halogens is 3. The number of aryl methyl sites for hydroxylation is 1. The average molecular weight is 524 g/mol.